The van der Waals surface area contributed by atoms with Crippen LogP contribution in [0.3, 0.4) is 0 Å². The predicted octanol–water partition coefficient (Wildman–Crippen LogP) is 6.60. The third-order valence-corrected chi connectivity index (χ3v) is 8.82. The predicted molar refractivity (Wildman–Crippen MR) is 170 cm³/mol. The zero-order valence-corrected chi connectivity index (χ0v) is 27.6. The summed E-state index contributed by atoms with van der Waals surface area (Å²) >= 11 is 0. The first kappa shape index (κ1) is 40.4. The lowest BCUT2D eigenvalue weighted by atomic mass is 9.37. The number of methoxy groups -OCH3 is 1. The van der Waals surface area contributed by atoms with Crippen LogP contribution in [0.2, 0.25) is 0 Å². The topological polar surface area (TPSA) is 97.1 Å². The highest BCUT2D eigenvalue weighted by atomic mass is 19.4. The van der Waals surface area contributed by atoms with Gasteiger partial charge in [0.1, 0.15) is 11.9 Å². The number of benzene rings is 2. The van der Waals surface area contributed by atoms with Crippen LogP contribution in [0.1, 0.15) is 72.9 Å². The van der Waals surface area contributed by atoms with Crippen molar-refractivity contribution >= 4 is 5.91 Å². The van der Waals surface area contributed by atoms with Gasteiger partial charge in [-0.05, 0) is 69.9 Å². The second kappa shape index (κ2) is 15.6. The van der Waals surface area contributed by atoms with Gasteiger partial charge in [0, 0.05) is 39.5 Å². The fourth-order valence-corrected chi connectivity index (χ4v) is 6.55. The van der Waals surface area contributed by atoms with Gasteiger partial charge in [-0.3, -0.25) is 20.3 Å². The van der Waals surface area contributed by atoms with Crippen molar-refractivity contribution in [1.82, 2.24) is 20.9 Å². The number of aryl methyl sites for hydroxylation is 1. The fraction of sp³-hybridized carbons (Fsp3) is 0.606. The van der Waals surface area contributed by atoms with Crippen molar-refractivity contribution in [2.45, 2.75) is 102 Å². The molecular weight excluding hydrogens is 633 g/mol. The lowest BCUT2D eigenvalue weighted by Gasteiger charge is -2.75. The molecule has 0 spiro atoms. The van der Waals surface area contributed by atoms with Gasteiger partial charge >= 0.3 is 12.4 Å². The molecule has 2 bridgehead atoms. The van der Waals surface area contributed by atoms with Crippen LogP contribution >= 0.6 is 0 Å². The molecule has 6 rings (SSSR count). The SMILES string of the molecule is CC.COCN(Cc1ccc(C(F)(F)F)cc1)C12CC(C3N[C@H](C(=O)NCCC(F)(F)F)C(C)(C)N3)(C1)C2.Cc1ccc(F)cc1.O.[HH].[HH]. The van der Waals surface area contributed by atoms with E-state index in [-0.39, 0.29) is 31.3 Å². The Labute approximate surface area is 274 Å². The number of carbonyl (C=O) groups is 1. The van der Waals surface area contributed by atoms with Crippen molar-refractivity contribution in [3.8, 4) is 0 Å². The fourth-order valence-electron chi connectivity index (χ4n) is 6.55. The van der Waals surface area contributed by atoms with Crippen molar-refractivity contribution in [3.63, 3.8) is 0 Å². The summed E-state index contributed by atoms with van der Waals surface area (Å²) in [6, 6.07) is 10.9. The minimum absolute atomic E-state index is 0. The molecule has 0 radical (unpaired) electrons. The summed E-state index contributed by atoms with van der Waals surface area (Å²) in [5, 5.41) is 9.15. The Kier molecular flexibility index (Phi) is 13.4. The molecule has 1 aliphatic heterocycles. The highest BCUT2D eigenvalue weighted by Crippen LogP contribution is 2.71. The first-order valence-corrected chi connectivity index (χ1v) is 15.4. The molecule has 1 unspecified atom stereocenters. The van der Waals surface area contributed by atoms with E-state index in [1.807, 2.05) is 34.6 Å². The molecule has 2 aromatic carbocycles. The van der Waals surface area contributed by atoms with E-state index in [9.17, 15) is 35.5 Å². The van der Waals surface area contributed by atoms with Crippen LogP contribution < -0.4 is 16.0 Å². The molecule has 2 atom stereocenters. The van der Waals surface area contributed by atoms with E-state index < -0.39 is 48.4 Å². The number of amides is 1. The molecule has 0 aromatic heterocycles. The molecule has 3 aliphatic carbocycles. The van der Waals surface area contributed by atoms with Crippen LogP contribution in [-0.2, 0) is 22.3 Å². The first-order valence-electron chi connectivity index (χ1n) is 15.4. The molecule has 1 amide bonds. The average Bonchev–Trinajstić information content (AvgIpc) is 3.24. The number of rotatable bonds is 9. The van der Waals surface area contributed by atoms with Crippen molar-refractivity contribution in [2.75, 3.05) is 20.4 Å². The maximum atomic E-state index is 12.9. The summed E-state index contributed by atoms with van der Waals surface area (Å²) in [5.74, 6) is -0.639. The highest BCUT2D eigenvalue weighted by Gasteiger charge is 2.74. The van der Waals surface area contributed by atoms with E-state index >= 15 is 0 Å². The second-order valence-electron chi connectivity index (χ2n) is 12.8. The standard InChI is InChI=1S/C24H32F6N4O2.C7H7F.C2H6.H2O.2H2/c1-20(2)17(18(35)31-9-8-23(25,26)27)32-19(33-20)21-11-22(12-21,13-21)34(14-36-3)10-15-4-6-16(7-5-15)24(28,29)30;1-6-2-4-7(8)5-3-6;1-2;;;/h4-7,17,19,32-33H,8-14H2,1-3H3,(H,31,35);2-5H,1H3;1-2H3;1H2;2*1H/t17-,19?,21?,22?;;;;;/m1...../s1. The Bertz CT molecular complexity index is 1260. The minimum Gasteiger partial charge on any atom is -0.412 e. The highest BCUT2D eigenvalue weighted by molar-refractivity contribution is 5.83. The molecule has 4 fully saturated rings. The molecule has 2 aromatic rings. The van der Waals surface area contributed by atoms with Gasteiger partial charge in [-0.25, -0.2) is 4.39 Å². The number of nitrogens with one attached hydrogen (secondary N) is 3. The van der Waals surface area contributed by atoms with Crippen LogP contribution in [0.25, 0.3) is 0 Å². The van der Waals surface area contributed by atoms with Gasteiger partial charge in [0.25, 0.3) is 0 Å². The number of hydrogen-bond donors (Lipinski definition) is 3. The van der Waals surface area contributed by atoms with Gasteiger partial charge in [0.2, 0.25) is 5.91 Å². The van der Waals surface area contributed by atoms with E-state index in [1.54, 1.807) is 19.2 Å². The van der Waals surface area contributed by atoms with E-state index in [2.05, 4.69) is 20.9 Å². The molecule has 5 N–H and O–H groups in total. The van der Waals surface area contributed by atoms with Gasteiger partial charge in [0.15, 0.2) is 0 Å². The average molecular weight is 685 g/mol. The molecule has 4 aliphatic rings. The molecular formula is C33H51F7N4O3. The maximum absolute atomic E-state index is 12.9. The smallest absolute Gasteiger partial charge is 0.412 e. The molecule has 47 heavy (non-hydrogen) atoms. The van der Waals surface area contributed by atoms with Crippen molar-refractivity contribution < 1.29 is 48.6 Å². The van der Waals surface area contributed by atoms with E-state index in [0.717, 1.165) is 42.5 Å². The van der Waals surface area contributed by atoms with Crippen molar-refractivity contribution in [1.29, 1.82) is 0 Å². The summed E-state index contributed by atoms with van der Waals surface area (Å²) in [6.45, 7) is 9.93. The van der Waals surface area contributed by atoms with E-state index in [4.69, 9.17) is 4.74 Å². The van der Waals surface area contributed by atoms with Crippen LogP contribution in [0, 0.1) is 18.2 Å². The van der Waals surface area contributed by atoms with Crippen LogP contribution in [0.15, 0.2) is 48.5 Å². The molecule has 270 valence electrons. The van der Waals surface area contributed by atoms with Gasteiger partial charge in [-0.2, -0.15) is 26.3 Å². The summed E-state index contributed by atoms with van der Waals surface area (Å²) in [5.41, 5.74) is 0.261. The van der Waals surface area contributed by atoms with E-state index in [1.165, 1.54) is 24.3 Å². The van der Waals surface area contributed by atoms with Crippen molar-refractivity contribution in [2.24, 2.45) is 5.41 Å². The maximum Gasteiger partial charge on any atom is 0.416 e. The zero-order chi connectivity index (χ0) is 34.6. The normalized spacial score (nSPS) is 25.6. The van der Waals surface area contributed by atoms with E-state index in [0.29, 0.717) is 13.3 Å². The van der Waals surface area contributed by atoms with Gasteiger partial charge in [-0.15, -0.1) is 0 Å². The molecule has 1 heterocycles. The summed E-state index contributed by atoms with van der Waals surface area (Å²) < 4.78 is 93.4. The van der Waals surface area contributed by atoms with Gasteiger partial charge in [0.05, 0.1) is 24.9 Å². The van der Waals surface area contributed by atoms with Gasteiger partial charge in [-0.1, -0.05) is 43.7 Å². The molecule has 14 heteroatoms. The third-order valence-electron chi connectivity index (χ3n) is 8.82. The summed E-state index contributed by atoms with van der Waals surface area (Å²) in [4.78, 5) is 14.7. The van der Waals surface area contributed by atoms with Crippen LogP contribution in [-0.4, -0.2) is 66.1 Å². The third kappa shape index (κ3) is 9.88. The van der Waals surface area contributed by atoms with Crippen LogP contribution in [0.5, 0.6) is 0 Å². The second-order valence-corrected chi connectivity index (χ2v) is 12.8. The largest absolute Gasteiger partial charge is 0.416 e. The quantitative estimate of drug-likeness (QED) is 0.205. The Morgan fingerprint density at radius 2 is 1.55 bits per heavy atom. The number of halogens is 7. The Morgan fingerprint density at radius 1 is 1.00 bits per heavy atom. The number of nitrogens with zero attached hydrogens (tertiary/aromatic N) is 1. The Balaban J connectivity index is 0.00000154. The number of hydrogen-bond acceptors (Lipinski definition) is 5. The number of carbonyl (C=O) groups excluding carboxylic acids is 1. The summed E-state index contributed by atoms with van der Waals surface area (Å²) in [7, 11) is 1.57. The Morgan fingerprint density at radius 3 is 2.02 bits per heavy atom. The number of alkyl halides is 6. The molecule has 1 saturated heterocycles. The Hall–Kier alpha value is -2.78. The first-order chi connectivity index (χ1) is 21.4. The van der Waals surface area contributed by atoms with Gasteiger partial charge < -0.3 is 15.5 Å². The van der Waals surface area contributed by atoms with Crippen LogP contribution in [0.4, 0.5) is 30.7 Å². The number of ether oxygens (including phenoxy) is 1. The summed E-state index contributed by atoms with van der Waals surface area (Å²) in [6.07, 6.45) is -7.53. The van der Waals surface area contributed by atoms with Crippen molar-refractivity contribution in [3.05, 3.63) is 71.0 Å². The zero-order valence-electron chi connectivity index (χ0n) is 27.6. The lowest BCUT2D eigenvalue weighted by Crippen LogP contribution is -2.80. The lowest BCUT2D eigenvalue weighted by molar-refractivity contribution is -0.255. The minimum atomic E-state index is -4.38. The monoisotopic (exact) mass is 684 g/mol. The molecule has 7 nitrogen and oxygen atoms in total. The molecule has 3 saturated carbocycles.